The van der Waals surface area contributed by atoms with E-state index in [9.17, 15) is 19.2 Å². The van der Waals surface area contributed by atoms with Gasteiger partial charge in [-0.1, -0.05) is 27.2 Å². The van der Waals surface area contributed by atoms with Crippen molar-refractivity contribution in [2.75, 3.05) is 6.61 Å². The number of ether oxygens (including phenoxy) is 3. The summed E-state index contributed by atoms with van der Waals surface area (Å²) in [4.78, 5) is 51.1. The first-order chi connectivity index (χ1) is 16.3. The largest absolute Gasteiger partial charge is 0.454 e. The molecule has 11 heteroatoms. The third-order valence-corrected chi connectivity index (χ3v) is 11.8. The van der Waals surface area contributed by atoms with Crippen LogP contribution in [0, 0.1) is 6.92 Å². The highest BCUT2D eigenvalue weighted by Gasteiger charge is 2.46. The maximum Gasteiger partial charge on any atom is 0.417 e. The van der Waals surface area contributed by atoms with E-state index in [1.807, 2.05) is 0 Å². The number of carbonyl (C=O) groups excluding carboxylic acids is 2. The third-order valence-electron chi connectivity index (χ3n) is 7.26. The van der Waals surface area contributed by atoms with E-state index < -0.39 is 49.9 Å². The molecule has 0 amide bonds. The predicted molar refractivity (Wildman–Crippen MR) is 131 cm³/mol. The van der Waals surface area contributed by atoms with Crippen LogP contribution in [0.1, 0.15) is 71.1 Å². The molecule has 0 radical (unpaired) electrons. The van der Waals surface area contributed by atoms with E-state index in [-0.39, 0.29) is 17.7 Å². The maximum atomic E-state index is 12.4. The Bertz CT molecular complexity index is 1040. The average Bonchev–Trinajstić information content (AvgIpc) is 3.16. The summed E-state index contributed by atoms with van der Waals surface area (Å²) in [7, 11) is -2.24. The Labute approximate surface area is 206 Å². The molecule has 196 valence electrons. The van der Waals surface area contributed by atoms with E-state index in [0.717, 1.165) is 32.1 Å². The topological polar surface area (TPSA) is 126 Å². The van der Waals surface area contributed by atoms with Crippen molar-refractivity contribution in [3.05, 3.63) is 32.6 Å². The van der Waals surface area contributed by atoms with Crippen LogP contribution in [-0.4, -0.2) is 54.7 Å². The molecule has 1 saturated carbocycles. The van der Waals surface area contributed by atoms with E-state index in [1.165, 1.54) is 10.8 Å². The minimum absolute atomic E-state index is 0.0818. The minimum atomic E-state index is -2.24. The number of aryl methyl sites for hydroxylation is 1. The van der Waals surface area contributed by atoms with Crippen molar-refractivity contribution in [3.8, 4) is 0 Å². The van der Waals surface area contributed by atoms with Crippen LogP contribution in [0.15, 0.2) is 15.8 Å². The quantitative estimate of drug-likeness (QED) is 0.352. The van der Waals surface area contributed by atoms with Gasteiger partial charge >= 0.3 is 17.6 Å². The number of nitrogens with one attached hydrogen (secondary N) is 1. The van der Waals surface area contributed by atoms with E-state index in [2.05, 4.69) is 38.8 Å². The number of carbonyl (C=O) groups is 2. The van der Waals surface area contributed by atoms with Gasteiger partial charge in [-0.05, 0) is 50.7 Å². The van der Waals surface area contributed by atoms with E-state index in [4.69, 9.17) is 18.6 Å². The molecule has 1 aromatic heterocycles. The molecule has 2 heterocycles. The van der Waals surface area contributed by atoms with Gasteiger partial charge in [-0.2, -0.15) is 0 Å². The monoisotopic (exact) mass is 510 g/mol. The summed E-state index contributed by atoms with van der Waals surface area (Å²) in [6, 6.07) is 0. The maximum absolute atomic E-state index is 12.4. The second-order valence-electron chi connectivity index (χ2n) is 11.0. The molecule has 0 bridgehead atoms. The molecule has 2 aliphatic rings. The summed E-state index contributed by atoms with van der Waals surface area (Å²) < 4.78 is 24.5. The minimum Gasteiger partial charge on any atom is -0.454 e. The highest BCUT2D eigenvalue weighted by molar-refractivity contribution is 6.74. The molecule has 1 aromatic rings. The number of hydrogen-bond donors (Lipinski definition) is 1. The molecule has 10 nitrogen and oxygen atoms in total. The lowest BCUT2D eigenvalue weighted by Gasteiger charge is -2.39. The van der Waals surface area contributed by atoms with Crippen molar-refractivity contribution in [2.24, 2.45) is 0 Å². The lowest BCUT2D eigenvalue weighted by molar-refractivity contribution is -0.174. The molecule has 1 aliphatic heterocycles. The van der Waals surface area contributed by atoms with E-state index >= 15 is 0 Å². The van der Waals surface area contributed by atoms with Crippen molar-refractivity contribution in [1.82, 2.24) is 9.55 Å². The summed E-state index contributed by atoms with van der Waals surface area (Å²) >= 11 is 0. The smallest absolute Gasteiger partial charge is 0.417 e. The Morgan fingerprint density at radius 3 is 2.43 bits per heavy atom. The van der Waals surface area contributed by atoms with Gasteiger partial charge < -0.3 is 18.6 Å². The summed E-state index contributed by atoms with van der Waals surface area (Å²) in [6.07, 6.45) is 4.20. The van der Waals surface area contributed by atoms with Crippen molar-refractivity contribution >= 4 is 20.3 Å². The SMILES string of the molecule is Cc1cn([C@H]2C[C@H](O[Si](C)(C)C(C)(C)C)[C@@H](COC(=O)C(=O)OC3CCCCC3)O2)c(=O)[nH]c1=O. The zero-order valence-electron chi connectivity index (χ0n) is 21.5. The lowest BCUT2D eigenvalue weighted by Crippen LogP contribution is -2.46. The predicted octanol–water partition coefficient (Wildman–Crippen LogP) is 2.94. The highest BCUT2D eigenvalue weighted by Crippen LogP contribution is 2.41. The summed E-state index contributed by atoms with van der Waals surface area (Å²) in [5, 5.41) is -0.0818. The number of aromatic nitrogens is 2. The Morgan fingerprint density at radius 1 is 1.14 bits per heavy atom. The van der Waals surface area contributed by atoms with Gasteiger partial charge in [0.25, 0.3) is 5.56 Å². The Kier molecular flexibility index (Phi) is 8.43. The Morgan fingerprint density at radius 2 is 1.80 bits per heavy atom. The van der Waals surface area contributed by atoms with Crippen LogP contribution >= 0.6 is 0 Å². The first-order valence-corrected chi connectivity index (χ1v) is 15.2. The van der Waals surface area contributed by atoms with E-state index in [1.54, 1.807) is 6.92 Å². The fraction of sp³-hybridized carbons (Fsp3) is 0.750. The van der Waals surface area contributed by atoms with Crippen molar-refractivity contribution in [2.45, 2.75) is 109 Å². The Balaban J connectivity index is 1.72. The zero-order valence-corrected chi connectivity index (χ0v) is 22.5. The number of esters is 2. The molecule has 3 atom stereocenters. The molecule has 1 N–H and O–H groups in total. The van der Waals surface area contributed by atoms with Gasteiger partial charge in [-0.3, -0.25) is 14.3 Å². The Hall–Kier alpha value is -2.24. The molecule has 1 saturated heterocycles. The van der Waals surface area contributed by atoms with Crippen LogP contribution in [0.4, 0.5) is 0 Å². The number of aromatic amines is 1. The van der Waals surface area contributed by atoms with Gasteiger partial charge in [0.05, 0.1) is 6.10 Å². The zero-order chi connectivity index (χ0) is 26.0. The number of H-pyrrole nitrogens is 1. The molecule has 3 rings (SSSR count). The van der Waals surface area contributed by atoms with Gasteiger partial charge in [0.15, 0.2) is 8.32 Å². The molecule has 35 heavy (non-hydrogen) atoms. The molecular weight excluding hydrogens is 472 g/mol. The van der Waals surface area contributed by atoms with Gasteiger partial charge in [0, 0.05) is 18.2 Å². The van der Waals surface area contributed by atoms with Crippen LogP contribution in [0.5, 0.6) is 0 Å². The van der Waals surface area contributed by atoms with Crippen LogP contribution < -0.4 is 11.2 Å². The number of rotatable bonds is 6. The van der Waals surface area contributed by atoms with Crippen molar-refractivity contribution < 1.29 is 28.2 Å². The third kappa shape index (κ3) is 6.71. The summed E-state index contributed by atoms with van der Waals surface area (Å²) in [6.45, 7) is 11.9. The summed E-state index contributed by atoms with van der Waals surface area (Å²) in [5.74, 6) is -2.06. The lowest BCUT2D eigenvalue weighted by atomic mass is 9.98. The average molecular weight is 511 g/mol. The molecule has 2 fully saturated rings. The normalized spacial score (nSPS) is 23.8. The first-order valence-electron chi connectivity index (χ1n) is 12.3. The van der Waals surface area contributed by atoms with E-state index in [0.29, 0.717) is 12.0 Å². The van der Waals surface area contributed by atoms with Crippen LogP contribution in [0.25, 0.3) is 0 Å². The molecule has 0 aromatic carbocycles. The van der Waals surface area contributed by atoms with Gasteiger partial charge in [0.1, 0.15) is 25.0 Å². The standard InChI is InChI=1S/C24H38N2O8Si/c1-15-13-26(23(30)25-20(15)27)19-12-17(34-35(5,6)24(2,3)4)18(33-19)14-31-21(28)22(29)32-16-10-8-7-9-11-16/h13,16-19H,7-12,14H2,1-6H3,(H,25,27,30)/t17-,18+,19+/m0/s1. The second-order valence-corrected chi connectivity index (χ2v) is 15.8. The molecular formula is C24H38N2O8Si. The number of hydrogen-bond acceptors (Lipinski definition) is 8. The number of nitrogens with zero attached hydrogens (tertiary/aromatic N) is 1. The van der Waals surface area contributed by atoms with Crippen molar-refractivity contribution in [1.29, 1.82) is 0 Å². The highest BCUT2D eigenvalue weighted by atomic mass is 28.4. The van der Waals surface area contributed by atoms with Gasteiger partial charge in [-0.25, -0.2) is 14.4 Å². The van der Waals surface area contributed by atoms with Crippen LogP contribution in [0.2, 0.25) is 18.1 Å². The first kappa shape index (κ1) is 27.3. The van der Waals surface area contributed by atoms with Crippen LogP contribution in [0.3, 0.4) is 0 Å². The molecule has 0 unspecified atom stereocenters. The van der Waals surface area contributed by atoms with Gasteiger partial charge in [-0.15, -0.1) is 0 Å². The van der Waals surface area contributed by atoms with Crippen LogP contribution in [-0.2, 0) is 28.2 Å². The fourth-order valence-corrected chi connectivity index (χ4v) is 5.46. The second kappa shape index (κ2) is 10.8. The summed E-state index contributed by atoms with van der Waals surface area (Å²) in [5.41, 5.74) is -0.680. The fourth-order valence-electron chi connectivity index (χ4n) is 4.10. The molecule has 0 spiro atoms. The van der Waals surface area contributed by atoms with Gasteiger partial charge in [0.2, 0.25) is 0 Å². The van der Waals surface area contributed by atoms with Crippen molar-refractivity contribution in [3.63, 3.8) is 0 Å². The molecule has 1 aliphatic carbocycles.